The Bertz CT molecular complexity index is 716. The lowest BCUT2D eigenvalue weighted by Gasteiger charge is -2.21. The lowest BCUT2D eigenvalue weighted by Crippen LogP contribution is -2.36. The number of benzene rings is 1. The number of furan rings is 1. The fraction of sp³-hybridized carbons (Fsp3) is 0.222. The van der Waals surface area contributed by atoms with Gasteiger partial charge in [-0.05, 0) is 37.3 Å². The monoisotopic (exact) mass is 295 g/mol. The standard InChI is InChI=1S/C18H17NO3/c1-13(10-11-15-9-6-12-21-15)18(2)17(20)22-16(19-18)14-7-4-3-5-8-14/h3-13H,1-2H3/b11-10+/t13-,18+/m0/s1. The van der Waals surface area contributed by atoms with Gasteiger partial charge < -0.3 is 9.15 Å². The first-order valence-electron chi connectivity index (χ1n) is 7.19. The molecule has 112 valence electrons. The number of rotatable bonds is 4. The summed E-state index contributed by atoms with van der Waals surface area (Å²) in [4.78, 5) is 16.8. The van der Waals surface area contributed by atoms with E-state index in [0.29, 0.717) is 5.90 Å². The first-order chi connectivity index (χ1) is 10.6. The van der Waals surface area contributed by atoms with E-state index in [1.165, 1.54) is 0 Å². The van der Waals surface area contributed by atoms with Crippen LogP contribution in [0.15, 0.2) is 64.2 Å². The molecular formula is C18H17NO3. The minimum atomic E-state index is -0.922. The number of nitrogens with zero attached hydrogens (tertiary/aromatic N) is 1. The van der Waals surface area contributed by atoms with Crippen molar-refractivity contribution in [2.24, 2.45) is 10.9 Å². The summed E-state index contributed by atoms with van der Waals surface area (Å²) in [6, 6.07) is 13.1. The molecule has 1 aromatic heterocycles. The van der Waals surface area contributed by atoms with Crippen molar-refractivity contribution < 1.29 is 13.9 Å². The average Bonchev–Trinajstić information content (AvgIpc) is 3.15. The van der Waals surface area contributed by atoms with Crippen LogP contribution in [-0.4, -0.2) is 17.4 Å². The largest absolute Gasteiger partial charge is 0.465 e. The smallest absolute Gasteiger partial charge is 0.341 e. The fourth-order valence-electron chi connectivity index (χ4n) is 2.28. The van der Waals surface area contributed by atoms with Gasteiger partial charge in [-0.3, -0.25) is 0 Å². The number of hydrogen-bond donors (Lipinski definition) is 0. The third-order valence-corrected chi connectivity index (χ3v) is 3.94. The molecule has 0 saturated heterocycles. The van der Waals surface area contributed by atoms with Crippen molar-refractivity contribution in [1.82, 2.24) is 0 Å². The minimum absolute atomic E-state index is 0.119. The molecule has 1 aliphatic rings. The van der Waals surface area contributed by atoms with Gasteiger partial charge in [0.1, 0.15) is 5.76 Å². The average molecular weight is 295 g/mol. The molecule has 3 rings (SSSR count). The van der Waals surface area contributed by atoms with Gasteiger partial charge in [0.15, 0.2) is 5.54 Å². The van der Waals surface area contributed by atoms with Crippen LogP contribution in [0.3, 0.4) is 0 Å². The zero-order valence-electron chi connectivity index (χ0n) is 12.5. The van der Waals surface area contributed by atoms with Gasteiger partial charge in [-0.2, -0.15) is 0 Å². The second-order valence-electron chi connectivity index (χ2n) is 5.48. The lowest BCUT2D eigenvalue weighted by molar-refractivity contribution is -0.139. The third-order valence-electron chi connectivity index (χ3n) is 3.94. The highest BCUT2D eigenvalue weighted by molar-refractivity contribution is 6.08. The molecule has 1 aromatic carbocycles. The van der Waals surface area contributed by atoms with E-state index in [2.05, 4.69) is 4.99 Å². The van der Waals surface area contributed by atoms with Crippen molar-refractivity contribution in [2.45, 2.75) is 19.4 Å². The Balaban J connectivity index is 1.85. The molecule has 2 atom stereocenters. The Hall–Kier alpha value is -2.62. The number of esters is 1. The Morgan fingerprint density at radius 1 is 1.18 bits per heavy atom. The van der Waals surface area contributed by atoms with Gasteiger partial charge >= 0.3 is 5.97 Å². The topological polar surface area (TPSA) is 51.8 Å². The maximum absolute atomic E-state index is 12.3. The number of hydrogen-bond acceptors (Lipinski definition) is 4. The van der Waals surface area contributed by atoms with Gasteiger partial charge in [-0.1, -0.05) is 31.2 Å². The van der Waals surface area contributed by atoms with Gasteiger partial charge in [0, 0.05) is 11.5 Å². The normalized spacial score (nSPS) is 22.6. The van der Waals surface area contributed by atoms with Crippen LogP contribution in [0, 0.1) is 5.92 Å². The number of carbonyl (C=O) groups excluding carboxylic acids is 1. The Labute approximate surface area is 129 Å². The fourth-order valence-corrected chi connectivity index (χ4v) is 2.28. The molecule has 22 heavy (non-hydrogen) atoms. The van der Waals surface area contributed by atoms with E-state index < -0.39 is 5.54 Å². The highest BCUT2D eigenvalue weighted by Gasteiger charge is 2.45. The molecule has 1 aliphatic heterocycles. The first kappa shape index (κ1) is 14.3. The van der Waals surface area contributed by atoms with Gasteiger partial charge in [0.05, 0.1) is 6.26 Å². The van der Waals surface area contributed by atoms with Crippen molar-refractivity contribution in [1.29, 1.82) is 0 Å². The summed E-state index contributed by atoms with van der Waals surface area (Å²) in [6.07, 6.45) is 5.37. The van der Waals surface area contributed by atoms with Crippen LogP contribution < -0.4 is 0 Å². The predicted octanol–water partition coefficient (Wildman–Crippen LogP) is 3.69. The Kier molecular flexibility index (Phi) is 3.67. The quantitative estimate of drug-likeness (QED) is 0.808. The highest BCUT2D eigenvalue weighted by atomic mass is 16.6. The van der Waals surface area contributed by atoms with Crippen molar-refractivity contribution in [3.05, 3.63) is 66.1 Å². The summed E-state index contributed by atoms with van der Waals surface area (Å²) in [5, 5.41) is 0. The molecule has 0 aliphatic carbocycles. The van der Waals surface area contributed by atoms with Crippen molar-refractivity contribution in [3.63, 3.8) is 0 Å². The summed E-state index contributed by atoms with van der Waals surface area (Å²) in [7, 11) is 0. The van der Waals surface area contributed by atoms with Crippen LogP contribution in [-0.2, 0) is 9.53 Å². The second kappa shape index (κ2) is 5.64. The van der Waals surface area contributed by atoms with E-state index in [9.17, 15) is 4.79 Å². The van der Waals surface area contributed by atoms with Crippen molar-refractivity contribution >= 4 is 17.9 Å². The maximum Gasteiger partial charge on any atom is 0.341 e. The molecule has 0 unspecified atom stereocenters. The van der Waals surface area contributed by atoms with Crippen LogP contribution in [0.2, 0.25) is 0 Å². The number of cyclic esters (lactones) is 1. The molecule has 0 amide bonds. The third kappa shape index (κ3) is 2.60. The molecule has 0 fully saturated rings. The van der Waals surface area contributed by atoms with Crippen LogP contribution in [0.25, 0.3) is 6.08 Å². The number of carbonyl (C=O) groups is 1. The molecule has 2 aromatic rings. The van der Waals surface area contributed by atoms with Crippen LogP contribution >= 0.6 is 0 Å². The number of ether oxygens (including phenoxy) is 1. The molecule has 2 heterocycles. The number of aliphatic imine (C=N–C) groups is 1. The zero-order valence-corrected chi connectivity index (χ0v) is 12.5. The maximum atomic E-state index is 12.3. The highest BCUT2D eigenvalue weighted by Crippen LogP contribution is 2.31. The molecule has 0 N–H and O–H groups in total. The predicted molar refractivity (Wildman–Crippen MR) is 84.4 cm³/mol. The van der Waals surface area contributed by atoms with Crippen LogP contribution in [0.5, 0.6) is 0 Å². The molecule has 0 radical (unpaired) electrons. The van der Waals surface area contributed by atoms with E-state index in [0.717, 1.165) is 11.3 Å². The van der Waals surface area contributed by atoms with Crippen molar-refractivity contribution in [3.8, 4) is 0 Å². The van der Waals surface area contributed by atoms with Gasteiger partial charge in [0.2, 0.25) is 5.90 Å². The molecule has 0 bridgehead atoms. The summed E-state index contributed by atoms with van der Waals surface area (Å²) < 4.78 is 10.6. The van der Waals surface area contributed by atoms with Gasteiger partial charge in [0.25, 0.3) is 0 Å². The van der Waals surface area contributed by atoms with Crippen LogP contribution in [0.1, 0.15) is 25.2 Å². The SMILES string of the molecule is C[C@@H](/C=C/c1ccco1)[C@@]1(C)N=C(c2ccccc2)OC1=O. The molecule has 4 nitrogen and oxygen atoms in total. The van der Waals surface area contributed by atoms with Crippen LogP contribution in [0.4, 0.5) is 0 Å². The summed E-state index contributed by atoms with van der Waals surface area (Å²) >= 11 is 0. The molecule has 0 spiro atoms. The van der Waals surface area contributed by atoms with E-state index in [4.69, 9.17) is 9.15 Å². The van der Waals surface area contributed by atoms with E-state index in [1.807, 2.05) is 61.5 Å². The minimum Gasteiger partial charge on any atom is -0.465 e. The Morgan fingerprint density at radius 2 is 1.95 bits per heavy atom. The Morgan fingerprint density at radius 3 is 2.64 bits per heavy atom. The summed E-state index contributed by atoms with van der Waals surface area (Å²) in [6.45, 7) is 3.74. The zero-order chi connectivity index (χ0) is 15.6. The first-order valence-corrected chi connectivity index (χ1v) is 7.19. The van der Waals surface area contributed by atoms with E-state index >= 15 is 0 Å². The van der Waals surface area contributed by atoms with E-state index in [1.54, 1.807) is 13.2 Å². The molecule has 0 saturated carbocycles. The van der Waals surface area contributed by atoms with Gasteiger partial charge in [-0.25, -0.2) is 9.79 Å². The van der Waals surface area contributed by atoms with Gasteiger partial charge in [-0.15, -0.1) is 0 Å². The lowest BCUT2D eigenvalue weighted by atomic mass is 9.87. The van der Waals surface area contributed by atoms with E-state index in [-0.39, 0.29) is 11.9 Å². The second-order valence-corrected chi connectivity index (χ2v) is 5.48. The molecular weight excluding hydrogens is 278 g/mol. The summed E-state index contributed by atoms with van der Waals surface area (Å²) in [5.41, 5.74) is -0.115. The van der Waals surface area contributed by atoms with Crippen molar-refractivity contribution in [2.75, 3.05) is 0 Å². The molecule has 4 heteroatoms. The summed E-state index contributed by atoms with van der Waals surface area (Å²) in [5.74, 6) is 0.676.